The minimum Gasteiger partial charge on any atom is -0.497 e. The second kappa shape index (κ2) is 12.4. The van der Waals surface area contributed by atoms with E-state index in [4.69, 9.17) is 25.8 Å². The van der Waals surface area contributed by atoms with Crippen LogP contribution in [0.15, 0.2) is 89.9 Å². The number of rotatable bonds is 9. The van der Waals surface area contributed by atoms with Crippen molar-refractivity contribution in [2.24, 2.45) is 5.92 Å². The first kappa shape index (κ1) is 32.1. The first-order valence-corrected chi connectivity index (χ1v) is 18.9. The van der Waals surface area contributed by atoms with Gasteiger partial charge in [0.2, 0.25) is 0 Å². The van der Waals surface area contributed by atoms with Gasteiger partial charge in [-0.25, -0.2) is 0 Å². The lowest BCUT2D eigenvalue weighted by Gasteiger charge is -2.37. The molecule has 4 atom stereocenters. The van der Waals surface area contributed by atoms with Crippen molar-refractivity contribution in [3.8, 4) is 17.2 Å². The van der Waals surface area contributed by atoms with Crippen molar-refractivity contribution in [2.45, 2.75) is 50.2 Å². The second-order valence-corrected chi connectivity index (χ2v) is 17.8. The van der Waals surface area contributed by atoms with Crippen molar-refractivity contribution >= 4 is 36.5 Å². The molecule has 0 saturated carbocycles. The highest BCUT2D eigenvalue weighted by atomic mass is 35.5. The molecule has 0 unspecified atom stereocenters. The molecule has 8 nitrogen and oxygen atoms in total. The Morgan fingerprint density at radius 3 is 2.43 bits per heavy atom. The SMILES string of the molecule is COc1ccc([Si](C)(C)[C@@H]2[C@@H](CCO)O[C@]3(C(=O)N(Cc4cccc(-n5cccc(OC)c5=O)c4)c4ccc(Cl)cc43)[C@H]2C)cc1. The fourth-order valence-corrected chi connectivity index (χ4v) is 11.9. The number of hydrogen-bond donors (Lipinski definition) is 1. The Bertz CT molecular complexity index is 1830. The molecule has 10 heteroatoms. The predicted octanol–water partition coefficient (Wildman–Crippen LogP) is 5.65. The zero-order valence-electron chi connectivity index (χ0n) is 26.7. The van der Waals surface area contributed by atoms with Gasteiger partial charge in [0.05, 0.1) is 40.6 Å². The molecule has 1 fully saturated rings. The normalized spacial score (nSPS) is 22.4. The van der Waals surface area contributed by atoms with Crippen LogP contribution < -0.4 is 25.1 Å². The van der Waals surface area contributed by atoms with Crippen LogP contribution in [0.1, 0.15) is 24.5 Å². The number of aliphatic hydroxyl groups is 1. The molecule has 0 radical (unpaired) electrons. The maximum absolute atomic E-state index is 14.9. The molecule has 4 aromatic rings. The number of fused-ring (bicyclic) bond motifs is 2. The van der Waals surface area contributed by atoms with Crippen LogP contribution >= 0.6 is 11.6 Å². The van der Waals surface area contributed by atoms with Crippen LogP contribution in [0.25, 0.3) is 5.69 Å². The van der Waals surface area contributed by atoms with E-state index in [0.717, 1.165) is 22.6 Å². The number of pyridine rings is 1. The van der Waals surface area contributed by atoms with Gasteiger partial charge in [-0.05, 0) is 72.1 Å². The summed E-state index contributed by atoms with van der Waals surface area (Å²) in [4.78, 5) is 29.6. The van der Waals surface area contributed by atoms with E-state index in [2.05, 4.69) is 32.2 Å². The maximum atomic E-state index is 14.9. The summed E-state index contributed by atoms with van der Waals surface area (Å²) in [6, 6.07) is 24.7. The average molecular weight is 659 g/mol. The number of aliphatic hydroxyl groups excluding tert-OH is 1. The molecule has 2 aliphatic heterocycles. The summed E-state index contributed by atoms with van der Waals surface area (Å²) in [6.07, 6.45) is 1.79. The third-order valence-corrected chi connectivity index (χ3v) is 14.5. The fraction of sp³-hybridized carbons (Fsp3) is 0.333. The summed E-state index contributed by atoms with van der Waals surface area (Å²) in [5.41, 5.74) is 1.51. The fourth-order valence-electron chi connectivity index (χ4n) is 7.66. The van der Waals surface area contributed by atoms with Gasteiger partial charge in [-0.3, -0.25) is 14.2 Å². The number of benzene rings is 3. The molecule has 0 aliphatic carbocycles. The van der Waals surface area contributed by atoms with Gasteiger partial charge in [-0.2, -0.15) is 0 Å². The number of ether oxygens (including phenoxy) is 3. The first-order chi connectivity index (χ1) is 22.1. The summed E-state index contributed by atoms with van der Waals surface area (Å²) in [5.74, 6) is 0.685. The molecule has 0 bridgehead atoms. The van der Waals surface area contributed by atoms with Crippen LogP contribution in [0, 0.1) is 5.92 Å². The summed E-state index contributed by atoms with van der Waals surface area (Å²) in [6.45, 7) is 6.96. The van der Waals surface area contributed by atoms with Gasteiger partial charge in [0.25, 0.3) is 11.5 Å². The Balaban J connectivity index is 1.40. The molecule has 3 aromatic carbocycles. The topological polar surface area (TPSA) is 90.2 Å². The van der Waals surface area contributed by atoms with Crippen LogP contribution in [-0.4, -0.2) is 50.6 Å². The molecule has 240 valence electrons. The van der Waals surface area contributed by atoms with Gasteiger partial charge < -0.3 is 24.2 Å². The van der Waals surface area contributed by atoms with Crippen molar-refractivity contribution < 1.29 is 24.1 Å². The number of nitrogens with zero attached hydrogens (tertiary/aromatic N) is 2. The van der Waals surface area contributed by atoms with E-state index < -0.39 is 13.7 Å². The number of hydrogen-bond acceptors (Lipinski definition) is 6. The monoisotopic (exact) mass is 658 g/mol. The largest absolute Gasteiger partial charge is 0.497 e. The minimum absolute atomic E-state index is 0.0204. The molecular formula is C36H39ClN2O6Si. The van der Waals surface area contributed by atoms with Crippen molar-refractivity contribution in [3.05, 3.63) is 112 Å². The number of amides is 1. The van der Waals surface area contributed by atoms with Crippen molar-refractivity contribution in [1.82, 2.24) is 4.57 Å². The molecule has 1 spiro atoms. The number of methoxy groups -OCH3 is 2. The molecule has 3 heterocycles. The van der Waals surface area contributed by atoms with Crippen molar-refractivity contribution in [2.75, 3.05) is 25.7 Å². The van der Waals surface area contributed by atoms with E-state index in [9.17, 15) is 14.7 Å². The standard InChI is InChI=1S/C36H39ClN2O6Si/c1-23-33(46(4,5)28-14-12-27(43-2)13-15-28)31(17-19-40)45-36(23)29-21-25(37)11-16-30(29)39(35(36)42)22-24-8-6-9-26(20-24)38-18-7-10-32(44-3)34(38)41/h6-16,18,20-21,23,31,33,40H,17,19,22H2,1-5H3/t23-,31+,33-,36+/m0/s1. The molecule has 1 aromatic heterocycles. The van der Waals surface area contributed by atoms with E-state index in [1.807, 2.05) is 48.5 Å². The molecule has 1 N–H and O–H groups in total. The minimum atomic E-state index is -2.30. The number of aromatic nitrogens is 1. The highest BCUT2D eigenvalue weighted by Gasteiger charge is 2.66. The third kappa shape index (κ3) is 5.15. The lowest BCUT2D eigenvalue weighted by atomic mass is 9.82. The quantitative estimate of drug-likeness (QED) is 0.234. The Hall–Kier alpha value is -3.89. The zero-order valence-corrected chi connectivity index (χ0v) is 28.5. The Morgan fingerprint density at radius 2 is 1.74 bits per heavy atom. The summed E-state index contributed by atoms with van der Waals surface area (Å²) in [7, 11) is 0.828. The van der Waals surface area contributed by atoms with Crippen LogP contribution in [0.3, 0.4) is 0 Å². The van der Waals surface area contributed by atoms with Gasteiger partial charge in [-0.1, -0.05) is 61.1 Å². The van der Waals surface area contributed by atoms with Gasteiger partial charge >= 0.3 is 0 Å². The van der Waals surface area contributed by atoms with Crippen LogP contribution in [-0.2, 0) is 21.7 Å². The second-order valence-electron chi connectivity index (χ2n) is 12.6. The molecule has 46 heavy (non-hydrogen) atoms. The average Bonchev–Trinajstić information content (AvgIpc) is 3.47. The van der Waals surface area contributed by atoms with Gasteiger partial charge in [0.1, 0.15) is 5.75 Å². The Kier molecular flexibility index (Phi) is 8.62. The van der Waals surface area contributed by atoms with Gasteiger partial charge in [-0.15, -0.1) is 0 Å². The van der Waals surface area contributed by atoms with E-state index in [1.54, 1.807) is 36.4 Å². The number of carbonyl (C=O) groups excluding carboxylic acids is 1. The van der Waals surface area contributed by atoms with Crippen molar-refractivity contribution in [3.63, 3.8) is 0 Å². The molecule has 1 amide bonds. The van der Waals surface area contributed by atoms with E-state index in [-0.39, 0.29) is 47.9 Å². The van der Waals surface area contributed by atoms with E-state index >= 15 is 0 Å². The van der Waals surface area contributed by atoms with Gasteiger partial charge in [0, 0.05) is 35.0 Å². The Morgan fingerprint density at radius 1 is 0.978 bits per heavy atom. The van der Waals surface area contributed by atoms with Crippen LogP contribution in [0.2, 0.25) is 23.7 Å². The smallest absolute Gasteiger partial charge is 0.297 e. The maximum Gasteiger partial charge on any atom is 0.297 e. The third-order valence-electron chi connectivity index (χ3n) is 9.87. The highest BCUT2D eigenvalue weighted by molar-refractivity contribution is 6.91. The first-order valence-electron chi connectivity index (χ1n) is 15.5. The number of anilines is 1. The summed E-state index contributed by atoms with van der Waals surface area (Å²) < 4.78 is 19.1. The van der Waals surface area contributed by atoms with Crippen molar-refractivity contribution in [1.29, 1.82) is 0 Å². The molecule has 1 saturated heterocycles. The Labute approximate surface area is 275 Å². The number of halogens is 1. The lowest BCUT2D eigenvalue weighted by molar-refractivity contribution is -0.146. The van der Waals surface area contributed by atoms with E-state index in [0.29, 0.717) is 17.1 Å². The van der Waals surface area contributed by atoms with Crippen LogP contribution in [0.5, 0.6) is 11.5 Å². The number of carbonyl (C=O) groups is 1. The summed E-state index contributed by atoms with van der Waals surface area (Å²) in [5, 5.41) is 11.9. The zero-order chi connectivity index (χ0) is 32.8. The van der Waals surface area contributed by atoms with Gasteiger partial charge in [0.15, 0.2) is 11.4 Å². The summed E-state index contributed by atoms with van der Waals surface area (Å²) >= 11 is 6.59. The lowest BCUT2D eigenvalue weighted by Crippen LogP contribution is -2.51. The van der Waals surface area contributed by atoms with Crippen LogP contribution in [0.4, 0.5) is 5.69 Å². The van der Waals surface area contributed by atoms with E-state index in [1.165, 1.54) is 16.9 Å². The predicted molar refractivity (Wildman–Crippen MR) is 183 cm³/mol. The molecule has 6 rings (SSSR count). The molecule has 2 aliphatic rings. The highest BCUT2D eigenvalue weighted by Crippen LogP contribution is 2.60. The molecular weight excluding hydrogens is 620 g/mol.